The second-order valence-corrected chi connectivity index (χ2v) is 7.51. The van der Waals surface area contributed by atoms with Crippen LogP contribution >= 0.6 is 11.8 Å². The van der Waals surface area contributed by atoms with Crippen LogP contribution < -0.4 is 15.6 Å². The number of amides is 1. The fourth-order valence-electron chi connectivity index (χ4n) is 2.77. The normalized spacial score (nSPS) is 10.6. The van der Waals surface area contributed by atoms with E-state index in [2.05, 4.69) is 15.3 Å². The number of nitrogens with zero attached hydrogens (tertiary/aromatic N) is 1. The quantitative estimate of drug-likeness (QED) is 0.405. The average molecular weight is 428 g/mol. The number of rotatable bonds is 9. The lowest BCUT2D eigenvalue weighted by Gasteiger charge is -2.07. The molecule has 0 saturated carbocycles. The molecule has 0 atom stereocenters. The zero-order valence-electron chi connectivity index (χ0n) is 16.5. The molecule has 3 aromatic rings. The summed E-state index contributed by atoms with van der Waals surface area (Å²) in [4.78, 5) is 31.0. The predicted molar refractivity (Wildman–Crippen MR) is 114 cm³/mol. The summed E-state index contributed by atoms with van der Waals surface area (Å²) in [7, 11) is 1.61. The van der Waals surface area contributed by atoms with Gasteiger partial charge >= 0.3 is 0 Å². The van der Waals surface area contributed by atoms with E-state index in [-0.39, 0.29) is 23.7 Å². The average Bonchev–Trinajstić information content (AvgIpc) is 2.73. The fraction of sp³-hybridized carbons (Fsp3) is 0.227. The molecule has 156 valence electrons. The lowest BCUT2D eigenvalue weighted by atomic mass is 10.1. The van der Waals surface area contributed by atoms with Crippen molar-refractivity contribution in [2.24, 2.45) is 0 Å². The number of carbonyl (C=O) groups excluding carboxylic acids is 1. The van der Waals surface area contributed by atoms with Crippen LogP contribution in [-0.2, 0) is 23.4 Å². The molecule has 0 saturated heterocycles. The van der Waals surface area contributed by atoms with Crippen LogP contribution in [0.3, 0.4) is 0 Å². The number of nitrogens with one attached hydrogen (secondary N) is 2. The maximum Gasteiger partial charge on any atom is 0.251 e. The first kappa shape index (κ1) is 21.6. The molecule has 1 aromatic heterocycles. The van der Waals surface area contributed by atoms with Crippen molar-refractivity contribution in [3.05, 3.63) is 87.6 Å². The molecule has 0 radical (unpaired) electrons. The number of aromatic nitrogens is 2. The summed E-state index contributed by atoms with van der Waals surface area (Å²) >= 11 is 1.21. The third-order valence-corrected chi connectivity index (χ3v) is 5.25. The van der Waals surface area contributed by atoms with Gasteiger partial charge in [0.25, 0.3) is 5.56 Å². The SMILES string of the molecule is COc1ccc(CCNC(=O)Cc2cc(=O)[nH]c(SCc3ccccc3F)n2)cc1. The number of carbonyl (C=O) groups is 1. The number of hydrogen-bond donors (Lipinski definition) is 2. The van der Waals surface area contributed by atoms with E-state index in [4.69, 9.17) is 4.74 Å². The molecule has 3 rings (SSSR count). The molecule has 0 spiro atoms. The Labute approximate surface area is 177 Å². The number of ether oxygens (including phenoxy) is 1. The molecule has 2 N–H and O–H groups in total. The number of thioether (sulfide) groups is 1. The lowest BCUT2D eigenvalue weighted by molar-refractivity contribution is -0.120. The molecule has 2 aromatic carbocycles. The Morgan fingerprint density at radius 3 is 2.70 bits per heavy atom. The number of methoxy groups -OCH3 is 1. The molecule has 0 bridgehead atoms. The third kappa shape index (κ3) is 6.45. The third-order valence-electron chi connectivity index (χ3n) is 4.33. The first-order valence-electron chi connectivity index (χ1n) is 9.39. The highest BCUT2D eigenvalue weighted by atomic mass is 32.2. The van der Waals surface area contributed by atoms with Gasteiger partial charge in [0.1, 0.15) is 11.6 Å². The largest absolute Gasteiger partial charge is 0.497 e. The Bertz CT molecular complexity index is 1050. The summed E-state index contributed by atoms with van der Waals surface area (Å²) in [6, 6.07) is 15.4. The first-order valence-corrected chi connectivity index (χ1v) is 10.4. The van der Waals surface area contributed by atoms with Gasteiger partial charge in [-0.3, -0.25) is 9.59 Å². The van der Waals surface area contributed by atoms with Crippen LogP contribution in [0.25, 0.3) is 0 Å². The van der Waals surface area contributed by atoms with E-state index in [0.717, 1.165) is 11.3 Å². The highest BCUT2D eigenvalue weighted by Gasteiger charge is 2.09. The van der Waals surface area contributed by atoms with Crippen molar-refractivity contribution in [3.8, 4) is 5.75 Å². The van der Waals surface area contributed by atoms with Gasteiger partial charge in [-0.25, -0.2) is 9.37 Å². The standard InChI is InChI=1S/C22H22FN3O3S/c1-29-18-8-6-15(7-9-18)10-11-24-20(27)12-17-13-21(28)26-22(25-17)30-14-16-4-2-3-5-19(16)23/h2-9,13H,10-12,14H2,1H3,(H,24,27)(H,25,26,28). The topological polar surface area (TPSA) is 84.1 Å². The lowest BCUT2D eigenvalue weighted by Crippen LogP contribution is -2.28. The van der Waals surface area contributed by atoms with Gasteiger partial charge in [-0.15, -0.1) is 0 Å². The van der Waals surface area contributed by atoms with Gasteiger partial charge < -0.3 is 15.0 Å². The van der Waals surface area contributed by atoms with Gasteiger partial charge in [0.05, 0.1) is 19.2 Å². The minimum atomic E-state index is -0.345. The summed E-state index contributed by atoms with van der Waals surface area (Å²) in [5.74, 6) is 0.589. The van der Waals surface area contributed by atoms with Gasteiger partial charge in [0.15, 0.2) is 5.16 Å². The van der Waals surface area contributed by atoms with Gasteiger partial charge in [-0.1, -0.05) is 42.1 Å². The summed E-state index contributed by atoms with van der Waals surface area (Å²) in [6.45, 7) is 0.475. The zero-order valence-corrected chi connectivity index (χ0v) is 17.3. The van der Waals surface area contributed by atoms with E-state index >= 15 is 0 Å². The van der Waals surface area contributed by atoms with Crippen LogP contribution in [0, 0.1) is 5.82 Å². The van der Waals surface area contributed by atoms with Crippen LogP contribution in [-0.4, -0.2) is 29.5 Å². The Hall–Kier alpha value is -3.13. The van der Waals surface area contributed by atoms with E-state index in [9.17, 15) is 14.0 Å². The Morgan fingerprint density at radius 2 is 1.97 bits per heavy atom. The van der Waals surface area contributed by atoms with Gasteiger partial charge in [0, 0.05) is 18.4 Å². The van der Waals surface area contributed by atoms with Crippen molar-refractivity contribution in [1.29, 1.82) is 0 Å². The van der Waals surface area contributed by atoms with Crippen LogP contribution in [0.2, 0.25) is 0 Å². The van der Waals surface area contributed by atoms with Crippen molar-refractivity contribution in [1.82, 2.24) is 15.3 Å². The molecular weight excluding hydrogens is 405 g/mol. The second-order valence-electron chi connectivity index (χ2n) is 6.55. The van der Waals surface area contributed by atoms with E-state index in [1.54, 1.807) is 25.3 Å². The molecule has 0 aliphatic rings. The molecule has 0 aliphatic heterocycles. The van der Waals surface area contributed by atoms with E-state index < -0.39 is 0 Å². The van der Waals surface area contributed by atoms with E-state index in [1.165, 1.54) is 23.9 Å². The zero-order chi connectivity index (χ0) is 21.3. The summed E-state index contributed by atoms with van der Waals surface area (Å²) in [6.07, 6.45) is 0.683. The van der Waals surface area contributed by atoms with E-state index in [0.29, 0.717) is 35.1 Å². The highest BCUT2D eigenvalue weighted by molar-refractivity contribution is 7.98. The van der Waals surface area contributed by atoms with Crippen LogP contribution in [0.5, 0.6) is 5.75 Å². The Kier molecular flexibility index (Phi) is 7.62. The second kappa shape index (κ2) is 10.6. The summed E-state index contributed by atoms with van der Waals surface area (Å²) in [5, 5.41) is 3.19. The summed E-state index contributed by atoms with van der Waals surface area (Å²) in [5.41, 5.74) is 1.63. The Morgan fingerprint density at radius 1 is 1.20 bits per heavy atom. The molecule has 6 nitrogen and oxygen atoms in total. The van der Waals surface area contributed by atoms with Crippen LogP contribution in [0.4, 0.5) is 4.39 Å². The number of benzene rings is 2. The van der Waals surface area contributed by atoms with E-state index in [1.807, 2.05) is 24.3 Å². The van der Waals surface area contributed by atoms with Crippen LogP contribution in [0.1, 0.15) is 16.8 Å². The summed E-state index contributed by atoms with van der Waals surface area (Å²) < 4.78 is 18.9. The molecule has 0 unspecified atom stereocenters. The van der Waals surface area contributed by atoms with Gasteiger partial charge in [-0.2, -0.15) is 0 Å². The Balaban J connectivity index is 1.52. The fourth-order valence-corrected chi connectivity index (χ4v) is 3.65. The predicted octanol–water partition coefficient (Wildman–Crippen LogP) is 3.11. The minimum absolute atomic E-state index is 0.000208. The maximum atomic E-state index is 13.7. The maximum absolute atomic E-state index is 13.7. The molecule has 0 aliphatic carbocycles. The molecule has 30 heavy (non-hydrogen) atoms. The number of hydrogen-bond acceptors (Lipinski definition) is 5. The molecule has 8 heteroatoms. The molecule has 0 fully saturated rings. The van der Waals surface area contributed by atoms with Crippen molar-refractivity contribution >= 4 is 17.7 Å². The molecule has 1 heterocycles. The number of halogens is 1. The monoisotopic (exact) mass is 427 g/mol. The molecular formula is C22H22FN3O3S. The number of aromatic amines is 1. The van der Waals surface area contributed by atoms with Gasteiger partial charge in [-0.05, 0) is 35.7 Å². The van der Waals surface area contributed by atoms with Crippen molar-refractivity contribution < 1.29 is 13.9 Å². The number of H-pyrrole nitrogens is 1. The van der Waals surface area contributed by atoms with Crippen molar-refractivity contribution in [3.63, 3.8) is 0 Å². The van der Waals surface area contributed by atoms with Gasteiger partial charge in [0.2, 0.25) is 5.91 Å². The first-order chi connectivity index (χ1) is 14.5. The van der Waals surface area contributed by atoms with Crippen molar-refractivity contribution in [2.75, 3.05) is 13.7 Å². The van der Waals surface area contributed by atoms with Crippen molar-refractivity contribution in [2.45, 2.75) is 23.8 Å². The van der Waals surface area contributed by atoms with Crippen LogP contribution in [0.15, 0.2) is 64.5 Å². The highest BCUT2D eigenvalue weighted by Crippen LogP contribution is 2.20. The smallest absolute Gasteiger partial charge is 0.251 e. The minimum Gasteiger partial charge on any atom is -0.497 e. The molecule has 1 amide bonds.